The maximum atomic E-state index is 10.8. The Balaban J connectivity index is 1.46. The van der Waals surface area contributed by atoms with Crippen molar-refractivity contribution in [3.05, 3.63) is 40.3 Å². The Morgan fingerprint density at radius 1 is 1.04 bits per heavy atom. The summed E-state index contributed by atoms with van der Waals surface area (Å²) in [5, 5.41) is 14.9. The number of nitrogens with zero attached hydrogens (tertiary/aromatic N) is 3. The number of rotatable bonds is 3. The average Bonchev–Trinajstić information content (AvgIpc) is 3.04. The van der Waals surface area contributed by atoms with Crippen molar-refractivity contribution in [3.63, 3.8) is 0 Å². The zero-order valence-corrected chi connectivity index (χ0v) is 13.4. The van der Waals surface area contributed by atoms with E-state index in [1.807, 2.05) is 0 Å². The zero-order valence-electron chi connectivity index (χ0n) is 13.4. The van der Waals surface area contributed by atoms with Crippen LogP contribution in [-0.4, -0.2) is 15.1 Å². The molecule has 0 amide bonds. The first-order valence-corrected chi connectivity index (χ1v) is 8.70. The fraction of sp³-hybridized carbons (Fsp3) is 0.556. The minimum atomic E-state index is -0.402. The van der Waals surface area contributed by atoms with Crippen LogP contribution in [0.3, 0.4) is 0 Å². The zero-order chi connectivity index (χ0) is 16.3. The maximum Gasteiger partial charge on any atom is 0.269 e. The molecule has 1 aromatic carbocycles. The topological polar surface area (TPSA) is 82.1 Å². The lowest BCUT2D eigenvalue weighted by Gasteiger charge is -2.55. The molecule has 1 aromatic heterocycles. The van der Waals surface area contributed by atoms with Crippen molar-refractivity contribution in [2.75, 3.05) is 0 Å². The lowest BCUT2D eigenvalue weighted by molar-refractivity contribution is -0.384. The van der Waals surface area contributed by atoms with Gasteiger partial charge in [-0.25, -0.2) is 0 Å². The van der Waals surface area contributed by atoms with Crippen molar-refractivity contribution < 1.29 is 9.45 Å². The molecule has 4 aliphatic rings. The van der Waals surface area contributed by atoms with Crippen molar-refractivity contribution >= 4 is 5.69 Å². The Morgan fingerprint density at radius 3 is 2.17 bits per heavy atom. The molecule has 0 saturated heterocycles. The van der Waals surface area contributed by atoms with Crippen LogP contribution >= 0.6 is 0 Å². The van der Waals surface area contributed by atoms with Gasteiger partial charge in [0.2, 0.25) is 11.7 Å². The Hall–Kier alpha value is -2.24. The molecule has 6 heteroatoms. The van der Waals surface area contributed by atoms with Gasteiger partial charge in [-0.15, -0.1) is 0 Å². The van der Waals surface area contributed by atoms with Crippen LogP contribution in [0.15, 0.2) is 28.8 Å². The summed E-state index contributed by atoms with van der Waals surface area (Å²) in [5.74, 6) is 3.80. The van der Waals surface area contributed by atoms with Crippen molar-refractivity contribution in [1.29, 1.82) is 0 Å². The van der Waals surface area contributed by atoms with Gasteiger partial charge in [-0.3, -0.25) is 10.1 Å². The molecule has 24 heavy (non-hydrogen) atoms. The van der Waals surface area contributed by atoms with Gasteiger partial charge in [0.1, 0.15) is 0 Å². The van der Waals surface area contributed by atoms with Crippen LogP contribution in [0.25, 0.3) is 11.4 Å². The lowest BCUT2D eigenvalue weighted by Crippen LogP contribution is -2.48. The second-order valence-electron chi connectivity index (χ2n) is 7.93. The predicted molar refractivity (Wildman–Crippen MR) is 86.2 cm³/mol. The molecule has 6 rings (SSSR count). The first-order chi connectivity index (χ1) is 11.6. The normalized spacial score (nSPS) is 33.8. The van der Waals surface area contributed by atoms with E-state index in [2.05, 4.69) is 5.16 Å². The van der Waals surface area contributed by atoms with E-state index in [0.717, 1.165) is 29.2 Å². The molecule has 4 aliphatic carbocycles. The number of non-ortho nitro benzene ring substituents is 1. The minimum Gasteiger partial charge on any atom is -0.338 e. The highest BCUT2D eigenvalue weighted by atomic mass is 16.6. The van der Waals surface area contributed by atoms with Crippen LogP contribution in [0.5, 0.6) is 0 Å². The quantitative estimate of drug-likeness (QED) is 0.626. The van der Waals surface area contributed by atoms with Crippen molar-refractivity contribution in [1.82, 2.24) is 10.1 Å². The van der Waals surface area contributed by atoms with Gasteiger partial charge < -0.3 is 4.52 Å². The summed E-state index contributed by atoms with van der Waals surface area (Å²) in [6.07, 6.45) is 7.68. The smallest absolute Gasteiger partial charge is 0.269 e. The van der Waals surface area contributed by atoms with Gasteiger partial charge in [0, 0.05) is 17.7 Å². The van der Waals surface area contributed by atoms with Crippen LogP contribution in [-0.2, 0) is 5.41 Å². The van der Waals surface area contributed by atoms with E-state index in [0.29, 0.717) is 5.82 Å². The molecule has 0 spiro atoms. The number of nitro benzene ring substituents is 1. The number of benzene rings is 1. The molecule has 0 N–H and O–H groups in total. The average molecular weight is 325 g/mol. The Labute approximate surface area is 139 Å². The fourth-order valence-corrected chi connectivity index (χ4v) is 5.66. The highest BCUT2D eigenvalue weighted by Crippen LogP contribution is 2.60. The number of hydrogen-bond donors (Lipinski definition) is 0. The molecule has 0 radical (unpaired) electrons. The third-order valence-electron chi connectivity index (χ3n) is 6.25. The molecular weight excluding hydrogens is 306 g/mol. The fourth-order valence-electron chi connectivity index (χ4n) is 5.66. The van der Waals surface area contributed by atoms with E-state index in [9.17, 15) is 10.1 Å². The molecule has 4 saturated carbocycles. The van der Waals surface area contributed by atoms with Crippen LogP contribution in [0.2, 0.25) is 0 Å². The highest BCUT2D eigenvalue weighted by Gasteiger charge is 2.54. The van der Waals surface area contributed by atoms with E-state index < -0.39 is 4.92 Å². The molecule has 6 nitrogen and oxygen atoms in total. The monoisotopic (exact) mass is 325 g/mol. The van der Waals surface area contributed by atoms with Gasteiger partial charge in [-0.1, -0.05) is 5.16 Å². The molecule has 4 fully saturated rings. The Morgan fingerprint density at radius 2 is 1.62 bits per heavy atom. The van der Waals surface area contributed by atoms with Crippen LogP contribution in [0.4, 0.5) is 5.69 Å². The maximum absolute atomic E-state index is 10.8. The second kappa shape index (κ2) is 4.88. The molecule has 2 aromatic rings. The van der Waals surface area contributed by atoms with Crippen LogP contribution in [0.1, 0.15) is 44.4 Å². The van der Waals surface area contributed by atoms with E-state index in [1.54, 1.807) is 12.1 Å². The first kappa shape index (κ1) is 14.1. The molecule has 0 unspecified atom stereocenters. The molecular formula is C18H19N3O3. The van der Waals surface area contributed by atoms with Crippen molar-refractivity contribution in [3.8, 4) is 11.4 Å². The molecule has 0 aliphatic heterocycles. The van der Waals surface area contributed by atoms with Crippen LogP contribution in [0, 0.1) is 27.9 Å². The molecule has 124 valence electrons. The largest absolute Gasteiger partial charge is 0.338 e. The van der Waals surface area contributed by atoms with E-state index in [1.165, 1.54) is 50.7 Å². The molecule has 1 heterocycles. The summed E-state index contributed by atoms with van der Waals surface area (Å²) < 4.78 is 5.69. The Kier molecular flexibility index (Phi) is 2.87. The summed E-state index contributed by atoms with van der Waals surface area (Å²) in [5.41, 5.74) is 0.921. The van der Waals surface area contributed by atoms with Gasteiger partial charge in [-0.2, -0.15) is 4.98 Å². The standard InChI is InChI=1S/C18H19N3O3/c22-21(23)15-3-1-14(2-4-15)16-19-17(24-20-16)18-8-11-5-12(9-18)7-13(6-11)10-18/h1-4,11-13H,5-10H2. The summed E-state index contributed by atoms with van der Waals surface area (Å²) in [4.78, 5) is 15.1. The third kappa shape index (κ3) is 2.08. The summed E-state index contributed by atoms with van der Waals surface area (Å²) in [6.45, 7) is 0. The van der Waals surface area contributed by atoms with Gasteiger partial charge in [-0.05, 0) is 68.4 Å². The second-order valence-corrected chi connectivity index (χ2v) is 7.93. The highest BCUT2D eigenvalue weighted by molar-refractivity contribution is 5.56. The van der Waals surface area contributed by atoms with Crippen molar-refractivity contribution in [2.45, 2.75) is 43.9 Å². The summed E-state index contributed by atoms with van der Waals surface area (Å²) in [6, 6.07) is 6.34. The molecule has 4 bridgehead atoms. The number of nitro groups is 1. The van der Waals surface area contributed by atoms with Gasteiger partial charge >= 0.3 is 0 Å². The van der Waals surface area contributed by atoms with Gasteiger partial charge in [0.05, 0.1) is 10.3 Å². The van der Waals surface area contributed by atoms with Crippen LogP contribution < -0.4 is 0 Å². The van der Waals surface area contributed by atoms with E-state index in [-0.39, 0.29) is 11.1 Å². The Bertz CT molecular complexity index is 761. The van der Waals surface area contributed by atoms with Gasteiger partial charge in [0.25, 0.3) is 5.69 Å². The number of hydrogen-bond acceptors (Lipinski definition) is 5. The SMILES string of the molecule is O=[N+]([O-])c1ccc(-c2noc(C34CC5CC(CC(C5)C3)C4)n2)cc1. The van der Waals surface area contributed by atoms with Gasteiger partial charge in [0.15, 0.2) is 0 Å². The van der Waals surface area contributed by atoms with E-state index >= 15 is 0 Å². The third-order valence-corrected chi connectivity index (χ3v) is 6.25. The number of aromatic nitrogens is 2. The summed E-state index contributed by atoms with van der Waals surface area (Å²) >= 11 is 0. The predicted octanol–water partition coefficient (Wildman–Crippen LogP) is 4.11. The summed E-state index contributed by atoms with van der Waals surface area (Å²) in [7, 11) is 0. The van der Waals surface area contributed by atoms with Crippen molar-refractivity contribution in [2.24, 2.45) is 17.8 Å². The lowest BCUT2D eigenvalue weighted by atomic mass is 9.49. The van der Waals surface area contributed by atoms with E-state index in [4.69, 9.17) is 9.51 Å². The first-order valence-electron chi connectivity index (χ1n) is 8.70. The minimum absolute atomic E-state index is 0.0727. The molecule has 0 atom stereocenters.